The predicted octanol–water partition coefficient (Wildman–Crippen LogP) is 1.42. The summed E-state index contributed by atoms with van der Waals surface area (Å²) in [6.07, 6.45) is -2.66. The van der Waals surface area contributed by atoms with E-state index in [9.17, 15) is 22.4 Å². The van der Waals surface area contributed by atoms with Crippen molar-refractivity contribution >= 4 is 18.3 Å². The molecule has 0 saturated carbocycles. The second-order valence-electron chi connectivity index (χ2n) is 5.58. The summed E-state index contributed by atoms with van der Waals surface area (Å²) in [7, 11) is 0. The summed E-state index contributed by atoms with van der Waals surface area (Å²) in [5, 5.41) is 5.97. The van der Waals surface area contributed by atoms with Crippen LogP contribution in [0.2, 0.25) is 0 Å². The molecule has 11 heteroatoms. The van der Waals surface area contributed by atoms with Gasteiger partial charge in [-0.1, -0.05) is 0 Å². The third kappa shape index (κ3) is 6.93. The molecule has 1 saturated heterocycles. The van der Waals surface area contributed by atoms with Gasteiger partial charge < -0.3 is 15.4 Å². The van der Waals surface area contributed by atoms with Gasteiger partial charge in [-0.25, -0.2) is 13.8 Å². The van der Waals surface area contributed by atoms with Crippen molar-refractivity contribution in [2.75, 3.05) is 45.9 Å². The fraction of sp³-hybridized carbons (Fsp3) is 0.600. The lowest BCUT2D eigenvalue weighted by Crippen LogP contribution is -2.46. The molecule has 1 aromatic heterocycles. The average Bonchev–Trinajstić information content (AvgIpc) is 2.61. The predicted molar refractivity (Wildman–Crippen MR) is 89.6 cm³/mol. The number of carbonyl (C=O) groups excluding carboxylic acids is 1. The van der Waals surface area contributed by atoms with Gasteiger partial charge in [0.15, 0.2) is 6.61 Å². The number of aromatic nitrogens is 1. The van der Waals surface area contributed by atoms with Crippen LogP contribution in [0.1, 0.15) is 10.4 Å². The van der Waals surface area contributed by atoms with Crippen molar-refractivity contribution in [3.63, 3.8) is 0 Å². The van der Waals surface area contributed by atoms with Crippen LogP contribution in [0, 0.1) is 0 Å². The van der Waals surface area contributed by atoms with Crippen LogP contribution in [-0.4, -0.2) is 74.0 Å². The monoisotopic (exact) mass is 400 g/mol. The summed E-state index contributed by atoms with van der Waals surface area (Å²) in [6.45, 7) is 3.41. The first-order valence-electron chi connectivity index (χ1n) is 7.84. The molecule has 0 bridgehead atoms. The van der Waals surface area contributed by atoms with Crippen molar-refractivity contribution in [3.8, 4) is 5.88 Å². The van der Waals surface area contributed by atoms with E-state index in [2.05, 4.69) is 25.3 Å². The highest BCUT2D eigenvalue weighted by atomic mass is 35.5. The van der Waals surface area contributed by atoms with Gasteiger partial charge in [0, 0.05) is 51.5 Å². The average molecular weight is 401 g/mol. The van der Waals surface area contributed by atoms with Gasteiger partial charge in [-0.15, -0.1) is 12.4 Å². The van der Waals surface area contributed by atoms with Crippen LogP contribution in [0.4, 0.5) is 17.6 Å². The zero-order valence-electron chi connectivity index (χ0n) is 13.9. The number of amides is 1. The molecule has 2 rings (SSSR count). The molecular formula is C15H21ClF4N4O2. The number of carbonyl (C=O) groups is 1. The van der Waals surface area contributed by atoms with E-state index >= 15 is 0 Å². The Labute approximate surface area is 154 Å². The Bertz CT molecular complexity index is 557. The van der Waals surface area contributed by atoms with E-state index in [0.717, 1.165) is 38.9 Å². The summed E-state index contributed by atoms with van der Waals surface area (Å²) < 4.78 is 54.1. The number of hydrogen-bond donors (Lipinski definition) is 2. The Morgan fingerprint density at radius 3 is 2.62 bits per heavy atom. The highest BCUT2D eigenvalue weighted by Gasteiger charge is 2.41. The molecule has 1 aliphatic rings. The molecule has 1 aliphatic heterocycles. The number of nitrogens with one attached hydrogen (secondary N) is 2. The second-order valence-corrected chi connectivity index (χ2v) is 5.58. The van der Waals surface area contributed by atoms with Crippen LogP contribution in [0.25, 0.3) is 0 Å². The fourth-order valence-corrected chi connectivity index (χ4v) is 2.20. The molecule has 0 aliphatic carbocycles. The molecule has 1 aromatic rings. The molecule has 0 atom stereocenters. The first-order valence-corrected chi connectivity index (χ1v) is 7.84. The molecule has 0 aromatic carbocycles. The van der Waals surface area contributed by atoms with Crippen molar-refractivity contribution < 1.29 is 27.1 Å². The summed E-state index contributed by atoms with van der Waals surface area (Å²) in [4.78, 5) is 17.9. The third-order valence-corrected chi connectivity index (χ3v) is 3.65. The Morgan fingerprint density at radius 2 is 2.04 bits per heavy atom. The van der Waals surface area contributed by atoms with E-state index in [4.69, 9.17) is 0 Å². The lowest BCUT2D eigenvalue weighted by Gasteiger charge is -2.27. The van der Waals surface area contributed by atoms with Gasteiger partial charge in [-0.05, 0) is 6.07 Å². The highest BCUT2D eigenvalue weighted by Crippen LogP contribution is 2.23. The van der Waals surface area contributed by atoms with Gasteiger partial charge in [0.05, 0.1) is 5.56 Å². The van der Waals surface area contributed by atoms with Crippen LogP contribution in [0.3, 0.4) is 0 Å². The maximum Gasteiger partial charge on any atom is 0.340 e. The van der Waals surface area contributed by atoms with Gasteiger partial charge in [0.1, 0.15) is 0 Å². The molecule has 0 radical (unpaired) electrons. The smallest absolute Gasteiger partial charge is 0.340 e. The minimum absolute atomic E-state index is 0. The van der Waals surface area contributed by atoms with Crippen molar-refractivity contribution in [1.82, 2.24) is 20.5 Å². The van der Waals surface area contributed by atoms with Gasteiger partial charge in [0.25, 0.3) is 5.91 Å². The molecule has 1 amide bonds. The van der Waals surface area contributed by atoms with Crippen LogP contribution in [0.5, 0.6) is 5.88 Å². The normalized spacial score (nSPS) is 15.4. The number of nitrogens with zero attached hydrogens (tertiary/aromatic N) is 2. The number of piperazine rings is 1. The zero-order valence-corrected chi connectivity index (χ0v) is 14.7. The number of pyridine rings is 1. The molecular weight excluding hydrogens is 380 g/mol. The van der Waals surface area contributed by atoms with E-state index in [1.165, 1.54) is 12.1 Å². The molecule has 6 nitrogen and oxygen atoms in total. The molecule has 2 heterocycles. The van der Waals surface area contributed by atoms with Crippen molar-refractivity contribution in [3.05, 3.63) is 23.9 Å². The summed E-state index contributed by atoms with van der Waals surface area (Å²) in [5.74, 6) is -4.85. The molecule has 2 N–H and O–H groups in total. The molecule has 0 spiro atoms. The number of ether oxygens (including phenoxy) is 1. The topological polar surface area (TPSA) is 66.5 Å². The van der Waals surface area contributed by atoms with Gasteiger partial charge in [-0.3, -0.25) is 9.69 Å². The highest BCUT2D eigenvalue weighted by molar-refractivity contribution is 5.93. The van der Waals surface area contributed by atoms with Crippen LogP contribution in [0.15, 0.2) is 18.3 Å². The van der Waals surface area contributed by atoms with E-state index in [1.54, 1.807) is 0 Å². The number of alkyl halides is 4. The summed E-state index contributed by atoms with van der Waals surface area (Å²) in [6, 6.07) is 2.52. The third-order valence-electron chi connectivity index (χ3n) is 3.65. The maximum atomic E-state index is 12.8. The quantitative estimate of drug-likeness (QED) is 0.646. The van der Waals surface area contributed by atoms with E-state index < -0.39 is 19.0 Å². The van der Waals surface area contributed by atoms with Gasteiger partial charge in [0.2, 0.25) is 5.88 Å². The van der Waals surface area contributed by atoms with E-state index in [-0.39, 0.29) is 29.8 Å². The first-order chi connectivity index (χ1) is 11.9. The Balaban J connectivity index is 0.00000338. The van der Waals surface area contributed by atoms with Crippen LogP contribution < -0.4 is 15.4 Å². The van der Waals surface area contributed by atoms with Gasteiger partial charge in [-0.2, -0.15) is 8.78 Å². The standard InChI is InChI=1S/C15H20F4N4O2.ClH/c16-14(17)15(18,19)10-25-12-2-1-11(9-22-12)13(24)21-5-8-23-6-3-20-4-7-23;/h1-2,9,14,20H,3-8,10H2,(H,21,24);1H. The largest absolute Gasteiger partial charge is 0.471 e. The van der Waals surface area contributed by atoms with Crippen LogP contribution in [-0.2, 0) is 0 Å². The Kier molecular flexibility index (Phi) is 9.03. The van der Waals surface area contributed by atoms with Crippen molar-refractivity contribution in [2.24, 2.45) is 0 Å². The number of halogens is 5. The first kappa shape index (κ1) is 22.4. The van der Waals surface area contributed by atoms with Crippen molar-refractivity contribution in [2.45, 2.75) is 12.3 Å². The number of hydrogen-bond acceptors (Lipinski definition) is 5. The van der Waals surface area contributed by atoms with E-state index in [1.807, 2.05) is 0 Å². The van der Waals surface area contributed by atoms with Crippen LogP contribution >= 0.6 is 12.4 Å². The molecule has 148 valence electrons. The maximum absolute atomic E-state index is 12.8. The minimum Gasteiger partial charge on any atom is -0.471 e. The minimum atomic E-state index is -4.25. The zero-order chi connectivity index (χ0) is 18.3. The molecule has 0 unspecified atom stereocenters. The lowest BCUT2D eigenvalue weighted by atomic mass is 10.2. The Morgan fingerprint density at radius 1 is 1.35 bits per heavy atom. The second kappa shape index (κ2) is 10.5. The Hall–Kier alpha value is -1.65. The summed E-state index contributed by atoms with van der Waals surface area (Å²) >= 11 is 0. The summed E-state index contributed by atoms with van der Waals surface area (Å²) in [5.41, 5.74) is 0.230. The van der Waals surface area contributed by atoms with E-state index in [0.29, 0.717) is 6.54 Å². The van der Waals surface area contributed by atoms with Gasteiger partial charge >= 0.3 is 12.3 Å². The lowest BCUT2D eigenvalue weighted by molar-refractivity contribution is -0.148. The fourth-order valence-electron chi connectivity index (χ4n) is 2.20. The van der Waals surface area contributed by atoms with Crippen molar-refractivity contribution in [1.29, 1.82) is 0 Å². The number of rotatable bonds is 8. The SMILES string of the molecule is Cl.O=C(NCCN1CCNCC1)c1ccc(OCC(F)(F)C(F)F)nc1. The molecule has 1 fully saturated rings. The molecule has 26 heavy (non-hydrogen) atoms.